The largest absolute Gasteiger partial charge is 0.465 e. The van der Waals surface area contributed by atoms with Crippen molar-refractivity contribution in [2.24, 2.45) is 5.92 Å². The lowest BCUT2D eigenvalue weighted by atomic mass is 10.1. The van der Waals surface area contributed by atoms with E-state index in [9.17, 15) is 4.79 Å². The van der Waals surface area contributed by atoms with Crippen LogP contribution in [0.5, 0.6) is 0 Å². The number of rotatable bonds is 5. The van der Waals surface area contributed by atoms with Crippen LogP contribution in [0.2, 0.25) is 0 Å². The lowest BCUT2D eigenvalue weighted by molar-refractivity contribution is -0.145. The second-order valence-corrected chi connectivity index (χ2v) is 4.71. The third-order valence-corrected chi connectivity index (χ3v) is 3.33. The summed E-state index contributed by atoms with van der Waals surface area (Å²) in [5.74, 6) is 0.554. The number of carbonyl (C=O) groups excluding carboxylic acids is 1. The molecule has 1 heterocycles. The summed E-state index contributed by atoms with van der Waals surface area (Å²) in [5, 5.41) is 3.34. The van der Waals surface area contributed by atoms with Crippen LogP contribution in [0.1, 0.15) is 33.1 Å². The van der Waals surface area contributed by atoms with Crippen molar-refractivity contribution < 1.29 is 14.3 Å². The van der Waals surface area contributed by atoms with Gasteiger partial charge in [-0.2, -0.15) is 0 Å². The van der Waals surface area contributed by atoms with Gasteiger partial charge in [-0.3, -0.25) is 10.1 Å². The first-order valence-corrected chi connectivity index (χ1v) is 6.26. The maximum Gasteiger partial charge on any atom is 0.322 e. The molecular formula is C12H21NO3. The Labute approximate surface area is 96.7 Å². The SMILES string of the molecule is CCOC(=O)C(C)NC1CCOC1C1CC1. The minimum absolute atomic E-state index is 0.163. The molecule has 1 saturated carbocycles. The predicted octanol–water partition coefficient (Wildman–Crippen LogP) is 1.10. The molecule has 0 bridgehead atoms. The van der Waals surface area contributed by atoms with Crippen molar-refractivity contribution in [2.75, 3.05) is 13.2 Å². The molecule has 92 valence electrons. The number of hydrogen-bond donors (Lipinski definition) is 1. The molecule has 0 amide bonds. The molecule has 3 unspecified atom stereocenters. The van der Waals surface area contributed by atoms with Gasteiger partial charge in [0.15, 0.2) is 0 Å². The zero-order valence-corrected chi connectivity index (χ0v) is 10.1. The zero-order chi connectivity index (χ0) is 11.5. The number of hydrogen-bond acceptors (Lipinski definition) is 4. The minimum Gasteiger partial charge on any atom is -0.465 e. The van der Waals surface area contributed by atoms with Crippen molar-refractivity contribution in [1.29, 1.82) is 0 Å². The van der Waals surface area contributed by atoms with Crippen molar-refractivity contribution in [3.05, 3.63) is 0 Å². The van der Waals surface area contributed by atoms with Gasteiger partial charge in [-0.05, 0) is 39.0 Å². The van der Waals surface area contributed by atoms with Crippen molar-refractivity contribution >= 4 is 5.97 Å². The van der Waals surface area contributed by atoms with Crippen LogP contribution in [0, 0.1) is 5.92 Å². The minimum atomic E-state index is -0.229. The van der Waals surface area contributed by atoms with Crippen LogP contribution >= 0.6 is 0 Å². The van der Waals surface area contributed by atoms with Gasteiger partial charge in [-0.1, -0.05) is 0 Å². The summed E-state index contributed by atoms with van der Waals surface area (Å²) in [5.41, 5.74) is 0. The quantitative estimate of drug-likeness (QED) is 0.714. The van der Waals surface area contributed by atoms with E-state index in [1.807, 2.05) is 13.8 Å². The molecule has 3 atom stereocenters. The first-order chi connectivity index (χ1) is 7.72. The van der Waals surface area contributed by atoms with Crippen LogP contribution < -0.4 is 5.32 Å². The predicted molar refractivity (Wildman–Crippen MR) is 60.1 cm³/mol. The third-order valence-electron chi connectivity index (χ3n) is 3.33. The summed E-state index contributed by atoms with van der Waals surface area (Å²) in [4.78, 5) is 11.5. The van der Waals surface area contributed by atoms with E-state index in [1.165, 1.54) is 12.8 Å². The first kappa shape index (κ1) is 11.9. The number of nitrogens with one attached hydrogen (secondary N) is 1. The molecule has 0 aromatic heterocycles. The Balaban J connectivity index is 1.81. The Morgan fingerprint density at radius 2 is 2.25 bits per heavy atom. The van der Waals surface area contributed by atoms with E-state index < -0.39 is 0 Å². The molecule has 0 aromatic rings. The smallest absolute Gasteiger partial charge is 0.322 e. The molecule has 1 aliphatic carbocycles. The van der Waals surface area contributed by atoms with Crippen molar-refractivity contribution in [3.8, 4) is 0 Å². The summed E-state index contributed by atoms with van der Waals surface area (Å²) < 4.78 is 10.7. The summed E-state index contributed by atoms with van der Waals surface area (Å²) in [7, 11) is 0. The van der Waals surface area contributed by atoms with E-state index in [-0.39, 0.29) is 12.0 Å². The topological polar surface area (TPSA) is 47.6 Å². The maximum absolute atomic E-state index is 11.5. The van der Waals surface area contributed by atoms with Gasteiger partial charge in [0.25, 0.3) is 0 Å². The normalized spacial score (nSPS) is 31.4. The molecule has 2 aliphatic rings. The molecule has 16 heavy (non-hydrogen) atoms. The fraction of sp³-hybridized carbons (Fsp3) is 0.917. The highest BCUT2D eigenvalue weighted by molar-refractivity contribution is 5.75. The number of esters is 1. The number of ether oxygens (including phenoxy) is 2. The molecule has 2 fully saturated rings. The highest BCUT2D eigenvalue weighted by atomic mass is 16.5. The van der Waals surface area contributed by atoms with E-state index in [0.717, 1.165) is 18.9 Å². The van der Waals surface area contributed by atoms with Crippen LogP contribution in [0.15, 0.2) is 0 Å². The maximum atomic E-state index is 11.5. The van der Waals surface area contributed by atoms with Crippen molar-refractivity contribution in [2.45, 2.75) is 51.3 Å². The Bertz CT molecular complexity index is 253. The van der Waals surface area contributed by atoms with Crippen LogP contribution in [-0.2, 0) is 14.3 Å². The fourth-order valence-electron chi connectivity index (χ4n) is 2.34. The van der Waals surface area contributed by atoms with Gasteiger partial charge in [0.05, 0.1) is 12.7 Å². The average Bonchev–Trinajstić information content (AvgIpc) is 3.00. The molecule has 4 nitrogen and oxygen atoms in total. The second kappa shape index (κ2) is 5.15. The lowest BCUT2D eigenvalue weighted by Gasteiger charge is -2.22. The fourth-order valence-corrected chi connectivity index (χ4v) is 2.34. The van der Waals surface area contributed by atoms with Crippen molar-refractivity contribution in [3.63, 3.8) is 0 Å². The van der Waals surface area contributed by atoms with E-state index in [2.05, 4.69) is 5.32 Å². The number of carbonyl (C=O) groups is 1. The Hall–Kier alpha value is -0.610. The highest BCUT2D eigenvalue weighted by Gasteiger charge is 2.41. The molecule has 1 saturated heterocycles. The van der Waals surface area contributed by atoms with E-state index in [4.69, 9.17) is 9.47 Å². The molecular weight excluding hydrogens is 206 g/mol. The monoisotopic (exact) mass is 227 g/mol. The van der Waals surface area contributed by atoms with E-state index in [0.29, 0.717) is 18.8 Å². The van der Waals surface area contributed by atoms with Gasteiger partial charge < -0.3 is 9.47 Å². The van der Waals surface area contributed by atoms with Gasteiger partial charge >= 0.3 is 5.97 Å². The molecule has 0 aromatic carbocycles. The van der Waals surface area contributed by atoms with Crippen molar-refractivity contribution in [1.82, 2.24) is 5.32 Å². The average molecular weight is 227 g/mol. The van der Waals surface area contributed by atoms with E-state index >= 15 is 0 Å². The third kappa shape index (κ3) is 2.74. The Morgan fingerprint density at radius 1 is 1.50 bits per heavy atom. The van der Waals surface area contributed by atoms with Gasteiger partial charge in [-0.15, -0.1) is 0 Å². The van der Waals surface area contributed by atoms with Gasteiger partial charge in [0, 0.05) is 12.6 Å². The highest BCUT2D eigenvalue weighted by Crippen LogP contribution is 2.38. The Morgan fingerprint density at radius 3 is 2.88 bits per heavy atom. The van der Waals surface area contributed by atoms with Crippen LogP contribution in [-0.4, -0.2) is 37.4 Å². The zero-order valence-electron chi connectivity index (χ0n) is 10.1. The molecule has 1 aliphatic heterocycles. The van der Waals surface area contributed by atoms with Crippen LogP contribution in [0.25, 0.3) is 0 Å². The van der Waals surface area contributed by atoms with Crippen LogP contribution in [0.4, 0.5) is 0 Å². The molecule has 1 N–H and O–H groups in total. The van der Waals surface area contributed by atoms with Gasteiger partial charge in [0.1, 0.15) is 6.04 Å². The molecule has 2 rings (SSSR count). The van der Waals surface area contributed by atoms with Crippen LogP contribution in [0.3, 0.4) is 0 Å². The summed E-state index contributed by atoms with van der Waals surface area (Å²) in [6.07, 6.45) is 3.87. The standard InChI is InChI=1S/C12H21NO3/c1-3-15-12(14)8(2)13-10-6-7-16-11(10)9-4-5-9/h8-11,13H,3-7H2,1-2H3. The summed E-state index contributed by atoms with van der Waals surface area (Å²) in [6, 6.07) is 0.0970. The lowest BCUT2D eigenvalue weighted by Crippen LogP contribution is -2.46. The molecule has 4 heteroatoms. The van der Waals surface area contributed by atoms with Gasteiger partial charge in [-0.25, -0.2) is 0 Å². The summed E-state index contributed by atoms with van der Waals surface area (Å²) >= 11 is 0. The van der Waals surface area contributed by atoms with E-state index in [1.54, 1.807) is 0 Å². The van der Waals surface area contributed by atoms with Gasteiger partial charge in [0.2, 0.25) is 0 Å². The second-order valence-electron chi connectivity index (χ2n) is 4.71. The first-order valence-electron chi connectivity index (χ1n) is 6.26. The summed E-state index contributed by atoms with van der Waals surface area (Å²) in [6.45, 7) is 4.95. The Kier molecular flexibility index (Phi) is 3.82. The molecule has 0 radical (unpaired) electrons. The molecule has 0 spiro atoms.